The number of benzene rings is 1. The Bertz CT molecular complexity index is 1080. The van der Waals surface area contributed by atoms with Crippen LogP contribution in [-0.2, 0) is 17.8 Å². The molecule has 0 saturated heterocycles. The second-order valence-electron chi connectivity index (χ2n) is 7.31. The topological polar surface area (TPSA) is 106 Å². The molecule has 1 aromatic carbocycles. The predicted octanol–water partition coefficient (Wildman–Crippen LogP) is 2.97. The fourth-order valence-electron chi connectivity index (χ4n) is 3.58. The van der Waals surface area contributed by atoms with Gasteiger partial charge in [0.2, 0.25) is 0 Å². The molecule has 1 aliphatic heterocycles. The van der Waals surface area contributed by atoms with Crippen LogP contribution in [0.15, 0.2) is 18.2 Å². The van der Waals surface area contributed by atoms with Gasteiger partial charge in [0.15, 0.2) is 0 Å². The minimum atomic E-state index is -4.70. The minimum Gasteiger partial charge on any atom is -0.396 e. The minimum absolute atomic E-state index is 0.122. The number of halogens is 4. The van der Waals surface area contributed by atoms with E-state index in [1.54, 1.807) is 5.32 Å². The van der Waals surface area contributed by atoms with Crippen LogP contribution in [0.2, 0.25) is 0 Å². The summed E-state index contributed by atoms with van der Waals surface area (Å²) in [4.78, 5) is 37.7. The van der Waals surface area contributed by atoms with Crippen LogP contribution in [0.1, 0.15) is 45.4 Å². The highest BCUT2D eigenvalue weighted by Gasteiger charge is 2.39. The lowest BCUT2D eigenvalue weighted by molar-refractivity contribution is -0.156. The second kappa shape index (κ2) is 8.05. The average Bonchev–Trinajstić information content (AvgIpc) is 3.22. The van der Waals surface area contributed by atoms with Gasteiger partial charge in [-0.3, -0.25) is 14.4 Å². The monoisotopic (exact) mass is 440 g/mol. The van der Waals surface area contributed by atoms with E-state index in [0.29, 0.717) is 25.1 Å². The van der Waals surface area contributed by atoms with Gasteiger partial charge in [0.25, 0.3) is 17.6 Å². The molecule has 2 heterocycles. The third-order valence-corrected chi connectivity index (χ3v) is 5.15. The van der Waals surface area contributed by atoms with E-state index in [1.807, 2.05) is 0 Å². The van der Waals surface area contributed by atoms with E-state index < -0.39 is 35.6 Å². The van der Waals surface area contributed by atoms with Crippen molar-refractivity contribution in [2.45, 2.75) is 45.5 Å². The molecular weight excluding hydrogens is 420 g/mol. The number of Topliss-reactive ketones (excluding diaryl/α,β-unsaturated/α-hetero) is 1. The maximum Gasteiger partial charge on any atom is 0.408 e. The highest BCUT2D eigenvalue weighted by molar-refractivity contribution is 6.43. The van der Waals surface area contributed by atoms with Gasteiger partial charge in [-0.1, -0.05) is 0 Å². The van der Waals surface area contributed by atoms with Crippen molar-refractivity contribution in [3.63, 3.8) is 0 Å². The molecule has 0 bridgehead atoms. The van der Waals surface area contributed by atoms with E-state index in [4.69, 9.17) is 5.73 Å². The lowest BCUT2D eigenvalue weighted by Crippen LogP contribution is -2.46. The molecular formula is C20H20F4N4O3. The van der Waals surface area contributed by atoms with E-state index in [2.05, 4.69) is 5.32 Å². The molecule has 0 fully saturated rings. The Morgan fingerprint density at radius 3 is 2.52 bits per heavy atom. The summed E-state index contributed by atoms with van der Waals surface area (Å²) in [6, 6.07) is 1.43. The van der Waals surface area contributed by atoms with Crippen molar-refractivity contribution in [1.82, 2.24) is 9.88 Å². The number of rotatable bonds is 5. The van der Waals surface area contributed by atoms with Gasteiger partial charge in [0, 0.05) is 17.9 Å². The normalized spacial score (nSPS) is 14.1. The summed E-state index contributed by atoms with van der Waals surface area (Å²) in [6.07, 6.45) is -3.66. The fraction of sp³-hybridized carbons (Fsp3) is 0.350. The molecule has 0 aliphatic carbocycles. The van der Waals surface area contributed by atoms with Crippen LogP contribution in [0, 0.1) is 12.7 Å². The number of aromatic nitrogens is 1. The summed E-state index contributed by atoms with van der Waals surface area (Å²) in [5.41, 5.74) is 6.28. The molecule has 0 radical (unpaired) electrons. The number of fused-ring (bicyclic) bond motifs is 1. The average molecular weight is 440 g/mol. The number of alkyl halides is 3. The highest BCUT2D eigenvalue weighted by atomic mass is 19.4. The van der Waals surface area contributed by atoms with Crippen molar-refractivity contribution < 1.29 is 31.9 Å². The first-order chi connectivity index (χ1) is 14.4. The number of nitrogen functional groups attached to an aromatic ring is 1. The van der Waals surface area contributed by atoms with Crippen molar-refractivity contribution in [2.75, 3.05) is 11.1 Å². The van der Waals surface area contributed by atoms with E-state index in [9.17, 15) is 31.9 Å². The van der Waals surface area contributed by atoms with E-state index in [0.717, 1.165) is 13.0 Å². The number of nitrogens with zero attached hydrogens (tertiary/aromatic N) is 1. The maximum absolute atomic E-state index is 13.3. The van der Waals surface area contributed by atoms with Crippen molar-refractivity contribution in [1.29, 1.82) is 0 Å². The van der Waals surface area contributed by atoms with Crippen LogP contribution < -0.4 is 16.4 Å². The van der Waals surface area contributed by atoms with Crippen LogP contribution >= 0.6 is 0 Å². The number of anilines is 2. The second-order valence-corrected chi connectivity index (χ2v) is 7.31. The summed E-state index contributed by atoms with van der Waals surface area (Å²) in [5.74, 6) is -3.80. The number of hydrogen-bond donors (Lipinski definition) is 3. The number of carbonyl (C=O) groups is 3. The Morgan fingerprint density at radius 1 is 1.23 bits per heavy atom. The van der Waals surface area contributed by atoms with Crippen molar-refractivity contribution in [3.05, 3.63) is 46.5 Å². The lowest BCUT2D eigenvalue weighted by Gasteiger charge is -2.17. The molecule has 2 amide bonds. The molecule has 1 aromatic heterocycles. The molecule has 166 valence electrons. The van der Waals surface area contributed by atoms with Gasteiger partial charge in [-0.2, -0.15) is 13.2 Å². The standard InChI is InChI=1S/C20H20F4N4O3/c1-9-15(18(30)27-11-5-6-12(21)13(25)8-11)14-4-3-7-28(14)16(9)17(29)19(31)26-10(2)20(22,23)24/h5-6,8,10H,3-4,7,25H2,1-2H3,(H,26,31)(H,27,30)/t10-/m0/s1. The van der Waals surface area contributed by atoms with E-state index >= 15 is 0 Å². The summed E-state index contributed by atoms with van der Waals surface area (Å²) in [7, 11) is 0. The van der Waals surface area contributed by atoms with E-state index in [-0.39, 0.29) is 28.2 Å². The van der Waals surface area contributed by atoms with Crippen LogP contribution in [0.4, 0.5) is 28.9 Å². The Kier molecular flexibility index (Phi) is 5.79. The zero-order valence-electron chi connectivity index (χ0n) is 16.7. The summed E-state index contributed by atoms with van der Waals surface area (Å²) in [5, 5.41) is 4.22. The Balaban J connectivity index is 1.91. The first-order valence-corrected chi connectivity index (χ1v) is 9.42. The number of carbonyl (C=O) groups excluding carboxylic acids is 3. The third kappa shape index (κ3) is 4.25. The summed E-state index contributed by atoms with van der Waals surface area (Å²) < 4.78 is 53.0. The predicted molar refractivity (Wildman–Crippen MR) is 104 cm³/mol. The maximum atomic E-state index is 13.3. The number of nitrogens with one attached hydrogen (secondary N) is 2. The number of nitrogens with two attached hydrogens (primary N) is 1. The molecule has 0 unspecified atom stereocenters. The van der Waals surface area contributed by atoms with Gasteiger partial charge in [-0.25, -0.2) is 4.39 Å². The zero-order valence-corrected chi connectivity index (χ0v) is 16.7. The number of hydrogen-bond acceptors (Lipinski definition) is 4. The van der Waals surface area contributed by atoms with Gasteiger partial charge in [-0.15, -0.1) is 0 Å². The molecule has 1 atom stereocenters. The quantitative estimate of drug-likeness (QED) is 0.288. The smallest absolute Gasteiger partial charge is 0.396 e. The Morgan fingerprint density at radius 2 is 1.90 bits per heavy atom. The van der Waals surface area contributed by atoms with Gasteiger partial charge < -0.3 is 20.9 Å². The molecule has 11 heteroatoms. The molecule has 0 saturated carbocycles. The molecule has 7 nitrogen and oxygen atoms in total. The van der Waals surface area contributed by atoms with E-state index in [1.165, 1.54) is 23.6 Å². The summed E-state index contributed by atoms with van der Waals surface area (Å²) in [6.45, 7) is 2.52. The Hall–Kier alpha value is -3.37. The van der Waals surface area contributed by atoms with Crippen LogP contribution in [-0.4, -0.2) is 34.4 Å². The molecule has 1 aliphatic rings. The first-order valence-electron chi connectivity index (χ1n) is 9.42. The number of ketones is 1. The first kappa shape index (κ1) is 22.3. The lowest BCUT2D eigenvalue weighted by atomic mass is 10.0. The van der Waals surface area contributed by atoms with Crippen molar-refractivity contribution in [2.24, 2.45) is 0 Å². The van der Waals surface area contributed by atoms with Gasteiger partial charge >= 0.3 is 6.18 Å². The van der Waals surface area contributed by atoms with Crippen molar-refractivity contribution >= 4 is 29.0 Å². The summed E-state index contributed by atoms with van der Waals surface area (Å²) >= 11 is 0. The van der Waals surface area contributed by atoms with Crippen LogP contribution in [0.3, 0.4) is 0 Å². The molecule has 4 N–H and O–H groups in total. The van der Waals surface area contributed by atoms with Crippen LogP contribution in [0.5, 0.6) is 0 Å². The van der Waals surface area contributed by atoms with Crippen LogP contribution in [0.25, 0.3) is 0 Å². The van der Waals surface area contributed by atoms with Crippen molar-refractivity contribution in [3.8, 4) is 0 Å². The largest absolute Gasteiger partial charge is 0.408 e. The molecule has 2 aromatic rings. The van der Waals surface area contributed by atoms with Gasteiger partial charge in [0.1, 0.15) is 11.9 Å². The fourth-order valence-corrected chi connectivity index (χ4v) is 3.58. The highest BCUT2D eigenvalue weighted by Crippen LogP contribution is 2.30. The Labute approximate surface area is 174 Å². The third-order valence-electron chi connectivity index (χ3n) is 5.15. The molecule has 0 spiro atoms. The van der Waals surface area contributed by atoms with Gasteiger partial charge in [-0.05, 0) is 50.5 Å². The SMILES string of the molecule is Cc1c(C(=O)Nc2ccc(F)c(N)c2)c2n(c1C(=O)C(=O)N[C@@H](C)C(F)(F)F)CCC2. The molecule has 3 rings (SSSR count). The zero-order chi connectivity index (χ0) is 23.1. The molecule has 31 heavy (non-hydrogen) atoms. The number of amides is 2. The van der Waals surface area contributed by atoms with Gasteiger partial charge in [0.05, 0.1) is 16.9 Å².